The molecule has 0 atom stereocenters. The Balaban J connectivity index is 1.94. The van der Waals surface area contributed by atoms with E-state index in [1.807, 2.05) is 0 Å². The van der Waals surface area contributed by atoms with Crippen LogP contribution in [-0.2, 0) is 30.3 Å². The number of carbonyl (C=O) groups excluding carboxylic acids is 2. The number of amides is 1. The van der Waals surface area contributed by atoms with Crippen LogP contribution in [0.3, 0.4) is 0 Å². The van der Waals surface area contributed by atoms with E-state index in [-0.39, 0.29) is 19.8 Å². The third-order valence-corrected chi connectivity index (χ3v) is 3.89. The number of nitrogens with one attached hydrogen (secondary N) is 1. The predicted molar refractivity (Wildman–Crippen MR) is 89.5 cm³/mol. The molecule has 0 aliphatic carbocycles. The minimum Gasteiger partial charge on any atom is -0.456 e. The predicted octanol–water partition coefficient (Wildman–Crippen LogP) is -0.853. The number of carbonyl (C=O) groups is 2. The van der Waals surface area contributed by atoms with Crippen molar-refractivity contribution >= 4 is 24.5 Å². The minimum absolute atomic E-state index is 0.204. The van der Waals surface area contributed by atoms with Crippen LogP contribution < -0.4 is 10.8 Å². The lowest BCUT2D eigenvalue weighted by molar-refractivity contribution is -0.153. The first-order valence-corrected chi connectivity index (χ1v) is 7.85. The molecular formula is C16H22BNO7. The fourth-order valence-electron chi connectivity index (χ4n) is 2.72. The van der Waals surface area contributed by atoms with Gasteiger partial charge in [-0.05, 0) is 29.6 Å². The van der Waals surface area contributed by atoms with Gasteiger partial charge in [-0.2, -0.15) is 0 Å². The molecule has 0 aromatic heterocycles. The maximum absolute atomic E-state index is 12.3. The molecule has 1 aromatic carbocycles. The molecule has 1 aromatic rings. The van der Waals surface area contributed by atoms with Crippen molar-refractivity contribution in [3.05, 3.63) is 28.8 Å². The van der Waals surface area contributed by atoms with Crippen LogP contribution in [0, 0.1) is 6.92 Å². The van der Waals surface area contributed by atoms with Gasteiger partial charge in [-0.1, -0.05) is 6.07 Å². The lowest BCUT2D eigenvalue weighted by atomic mass is 9.75. The Morgan fingerprint density at radius 1 is 1.32 bits per heavy atom. The molecule has 0 radical (unpaired) electrons. The molecule has 0 spiro atoms. The van der Waals surface area contributed by atoms with E-state index in [0.29, 0.717) is 23.2 Å². The molecule has 136 valence electrons. The van der Waals surface area contributed by atoms with E-state index in [1.165, 1.54) is 14.2 Å². The molecule has 0 saturated heterocycles. The summed E-state index contributed by atoms with van der Waals surface area (Å²) in [6.45, 7) is 2.17. The molecule has 25 heavy (non-hydrogen) atoms. The van der Waals surface area contributed by atoms with Crippen molar-refractivity contribution in [3.8, 4) is 0 Å². The number of rotatable bonds is 8. The summed E-state index contributed by atoms with van der Waals surface area (Å²) < 4.78 is 20.2. The fraction of sp³-hybridized carbons (Fsp3) is 0.500. The maximum atomic E-state index is 12.3. The Labute approximate surface area is 146 Å². The highest BCUT2D eigenvalue weighted by molar-refractivity contribution is 6.62. The summed E-state index contributed by atoms with van der Waals surface area (Å²) in [5.74, 6) is -1.01. The first-order chi connectivity index (χ1) is 12.0. The summed E-state index contributed by atoms with van der Waals surface area (Å²) in [4.78, 5) is 24.2. The molecular weight excluding hydrogens is 329 g/mol. The van der Waals surface area contributed by atoms with Gasteiger partial charge >= 0.3 is 13.1 Å². The van der Waals surface area contributed by atoms with Gasteiger partial charge in [0.15, 0.2) is 0 Å². The maximum Gasteiger partial charge on any atom is 0.492 e. The highest BCUT2D eigenvalue weighted by Gasteiger charge is 2.31. The Morgan fingerprint density at radius 2 is 2.00 bits per heavy atom. The Morgan fingerprint density at radius 3 is 2.64 bits per heavy atom. The summed E-state index contributed by atoms with van der Waals surface area (Å²) in [6.07, 6.45) is -0.534. The van der Waals surface area contributed by atoms with Crippen molar-refractivity contribution in [1.29, 1.82) is 0 Å². The van der Waals surface area contributed by atoms with E-state index in [1.54, 1.807) is 19.1 Å². The van der Waals surface area contributed by atoms with Crippen LogP contribution in [0.1, 0.15) is 21.5 Å². The van der Waals surface area contributed by atoms with Crippen LogP contribution in [0.4, 0.5) is 0 Å². The second-order valence-corrected chi connectivity index (χ2v) is 5.68. The molecule has 9 heteroatoms. The zero-order valence-corrected chi connectivity index (χ0v) is 14.5. The molecule has 1 aliphatic rings. The van der Waals surface area contributed by atoms with Crippen molar-refractivity contribution in [3.63, 3.8) is 0 Å². The highest BCUT2D eigenvalue weighted by Crippen LogP contribution is 2.16. The lowest BCUT2D eigenvalue weighted by Crippen LogP contribution is -2.37. The Kier molecular flexibility index (Phi) is 6.95. The standard InChI is InChI=1S/C16H22BNO7/c1-10-13(5-4-11-7-24-17(21)15(10)11)16(20)18-6-14(19)25-12(8-22-2)9-23-3/h4-5,12,21H,6-9H2,1-3H3,(H,18,20). The average Bonchev–Trinajstić information content (AvgIpc) is 2.95. The van der Waals surface area contributed by atoms with Gasteiger partial charge < -0.3 is 29.2 Å². The number of esters is 1. The molecule has 2 N–H and O–H groups in total. The SMILES string of the molecule is COCC(COC)OC(=O)CNC(=O)c1ccc2c(c1C)B(O)OC2. The quantitative estimate of drug-likeness (QED) is 0.464. The summed E-state index contributed by atoms with van der Waals surface area (Å²) in [7, 11) is 1.96. The summed E-state index contributed by atoms with van der Waals surface area (Å²) >= 11 is 0. The van der Waals surface area contributed by atoms with Crippen LogP contribution in [0.15, 0.2) is 12.1 Å². The second-order valence-electron chi connectivity index (χ2n) is 5.68. The van der Waals surface area contributed by atoms with Crippen molar-refractivity contribution < 1.29 is 33.5 Å². The molecule has 1 amide bonds. The van der Waals surface area contributed by atoms with Gasteiger partial charge in [0.05, 0.1) is 19.8 Å². The van der Waals surface area contributed by atoms with Gasteiger partial charge in [-0.15, -0.1) is 0 Å². The van der Waals surface area contributed by atoms with Gasteiger partial charge in [0.2, 0.25) is 0 Å². The van der Waals surface area contributed by atoms with Crippen molar-refractivity contribution in [2.24, 2.45) is 0 Å². The van der Waals surface area contributed by atoms with E-state index >= 15 is 0 Å². The highest BCUT2D eigenvalue weighted by atomic mass is 16.6. The van der Waals surface area contributed by atoms with Gasteiger partial charge in [0, 0.05) is 19.8 Å². The topological polar surface area (TPSA) is 103 Å². The van der Waals surface area contributed by atoms with E-state index in [9.17, 15) is 14.6 Å². The summed E-state index contributed by atoms with van der Waals surface area (Å²) in [5.41, 5.74) is 2.46. The van der Waals surface area contributed by atoms with Gasteiger partial charge in [0.25, 0.3) is 5.91 Å². The Bertz CT molecular complexity index is 631. The second kappa shape index (κ2) is 8.96. The number of benzene rings is 1. The number of methoxy groups -OCH3 is 2. The summed E-state index contributed by atoms with van der Waals surface area (Å²) in [5, 5.41) is 12.4. The minimum atomic E-state index is -1.03. The van der Waals surface area contributed by atoms with E-state index in [2.05, 4.69) is 5.32 Å². The molecule has 0 bridgehead atoms. The van der Waals surface area contributed by atoms with Gasteiger partial charge in [-0.25, -0.2) is 0 Å². The first kappa shape index (κ1) is 19.4. The number of hydrogen-bond donors (Lipinski definition) is 2. The largest absolute Gasteiger partial charge is 0.492 e. The van der Waals surface area contributed by atoms with Crippen LogP contribution in [0.2, 0.25) is 0 Å². The lowest BCUT2D eigenvalue weighted by Gasteiger charge is -2.16. The van der Waals surface area contributed by atoms with Crippen LogP contribution in [-0.4, -0.2) is 64.1 Å². The smallest absolute Gasteiger partial charge is 0.456 e. The molecule has 0 fully saturated rings. The number of ether oxygens (including phenoxy) is 3. The third-order valence-electron chi connectivity index (χ3n) is 3.89. The van der Waals surface area contributed by atoms with Crippen LogP contribution in [0.5, 0.6) is 0 Å². The van der Waals surface area contributed by atoms with Crippen LogP contribution >= 0.6 is 0 Å². The molecule has 8 nitrogen and oxygen atoms in total. The third kappa shape index (κ3) is 4.79. The Hall–Kier alpha value is -1.94. The molecule has 0 saturated carbocycles. The zero-order valence-electron chi connectivity index (χ0n) is 14.5. The van der Waals surface area contributed by atoms with Crippen molar-refractivity contribution in [2.45, 2.75) is 19.6 Å². The van der Waals surface area contributed by atoms with Crippen molar-refractivity contribution in [2.75, 3.05) is 34.0 Å². The number of fused-ring (bicyclic) bond motifs is 1. The van der Waals surface area contributed by atoms with Gasteiger partial charge in [-0.3, -0.25) is 9.59 Å². The van der Waals surface area contributed by atoms with Gasteiger partial charge in [0.1, 0.15) is 12.6 Å². The molecule has 1 aliphatic heterocycles. The molecule has 1 heterocycles. The van der Waals surface area contributed by atoms with E-state index in [0.717, 1.165) is 5.56 Å². The fourth-order valence-corrected chi connectivity index (χ4v) is 2.72. The zero-order chi connectivity index (χ0) is 18.4. The first-order valence-electron chi connectivity index (χ1n) is 7.85. The normalized spacial score (nSPS) is 13.1. The monoisotopic (exact) mass is 351 g/mol. The van der Waals surface area contributed by atoms with E-state index in [4.69, 9.17) is 18.9 Å². The van der Waals surface area contributed by atoms with Crippen molar-refractivity contribution in [1.82, 2.24) is 5.32 Å². The average molecular weight is 351 g/mol. The van der Waals surface area contributed by atoms with Crippen LogP contribution in [0.25, 0.3) is 0 Å². The molecule has 2 rings (SSSR count). The summed E-state index contributed by atoms with van der Waals surface area (Å²) in [6, 6.07) is 3.38. The van der Waals surface area contributed by atoms with E-state index < -0.39 is 25.1 Å². The number of hydrogen-bond acceptors (Lipinski definition) is 7. The molecule has 0 unspecified atom stereocenters.